The lowest BCUT2D eigenvalue weighted by molar-refractivity contribution is -0.368. The molecule has 8 aliphatic heterocycles. The Morgan fingerprint density at radius 3 is 0.833 bits per heavy atom. The maximum Gasteiger partial charge on any atom is 0.218 e. The smallest absolute Gasteiger partial charge is 0.218 e. The Labute approximate surface area is 372 Å². The van der Waals surface area contributed by atoms with Crippen LogP contribution in [-0.4, -0.2) is 276 Å². The first-order valence-electron chi connectivity index (χ1n) is 20.2. The second-order valence-corrected chi connectivity index (χ2v) is 15.2. The van der Waals surface area contributed by atoms with Gasteiger partial charge in [0.2, 0.25) is 18.9 Å². The third kappa shape index (κ3) is 12.6. The predicted molar refractivity (Wildman–Crippen MR) is 202 cm³/mol. The third-order valence-electron chi connectivity index (χ3n) is 10.8. The summed E-state index contributed by atoms with van der Waals surface area (Å²) in [6.45, 7) is -5.88. The quantitative estimate of drug-likeness (QED) is 0.102. The average Bonchev–Trinajstić information content (AvgIpc) is 3.30. The maximum atomic E-state index is 11.1. The van der Waals surface area contributed by atoms with Gasteiger partial charge in [0.25, 0.3) is 0 Å². The molecule has 0 aromatic carbocycles. The van der Waals surface area contributed by atoms with E-state index in [4.69, 9.17) is 42.6 Å². The van der Waals surface area contributed by atoms with E-state index >= 15 is 0 Å². The van der Waals surface area contributed by atoms with Crippen molar-refractivity contribution in [1.82, 2.24) is 0 Å². The van der Waals surface area contributed by atoms with Gasteiger partial charge in [-0.2, -0.15) is 0 Å². The first-order valence-corrected chi connectivity index (χ1v) is 20.2. The number of hydrogen-bond donors (Lipinski definition) is 21. The minimum absolute atomic E-state index is 0.660. The number of hydrogen-bond acceptors (Lipinski definition) is 30. The van der Waals surface area contributed by atoms with Crippen molar-refractivity contribution in [2.45, 2.75) is 149 Å². The van der Waals surface area contributed by atoms with Crippen molar-refractivity contribution in [3.05, 3.63) is 34.6 Å². The van der Waals surface area contributed by atoms with Crippen molar-refractivity contribution in [3.63, 3.8) is 0 Å². The van der Waals surface area contributed by atoms with E-state index in [-0.39, 0.29) is 0 Å². The molecule has 0 aliphatic carbocycles. The summed E-state index contributed by atoms with van der Waals surface area (Å²) in [4.78, 5) is 0. The molecular weight excluding hydrogens is 912 g/mol. The van der Waals surface area contributed by atoms with Gasteiger partial charge in [0, 0.05) is 39.1 Å². The highest BCUT2D eigenvalue weighted by Crippen LogP contribution is 2.34. The molecule has 30 nitrogen and oxygen atoms in total. The van der Waals surface area contributed by atoms with Crippen molar-refractivity contribution >= 4 is 0 Å². The number of ether oxygens (including phenoxy) is 9. The zero-order valence-electron chi connectivity index (χ0n) is 34.6. The van der Waals surface area contributed by atoms with Crippen LogP contribution in [-0.2, 0) is 42.6 Å². The highest BCUT2D eigenvalue weighted by molar-refractivity contribution is 5.12. The van der Waals surface area contributed by atoms with Crippen LogP contribution in [0.1, 0.15) is 19.3 Å². The molecule has 9 unspecified atom stereocenters. The van der Waals surface area contributed by atoms with Crippen molar-refractivity contribution in [3.8, 4) is 0 Å². The molecule has 0 aromatic rings. The number of aliphatic hydroxyl groups excluding tert-OH is 21. The largest absolute Gasteiger partial charge is 0.506 e. The monoisotopic (exact) mass is 972 g/mol. The molecule has 0 saturated carbocycles. The third-order valence-corrected chi connectivity index (χ3v) is 10.8. The molecule has 0 spiro atoms. The minimum Gasteiger partial charge on any atom is -0.506 e. The molecule has 8 aliphatic rings. The molecule has 3 fully saturated rings. The van der Waals surface area contributed by atoms with Crippen molar-refractivity contribution in [2.24, 2.45) is 0 Å². The van der Waals surface area contributed by atoms with Gasteiger partial charge >= 0.3 is 0 Å². The van der Waals surface area contributed by atoms with Gasteiger partial charge in [0.15, 0.2) is 53.4 Å². The van der Waals surface area contributed by atoms with E-state index < -0.39 is 223 Å². The molecule has 21 atom stereocenters. The Balaban J connectivity index is 1.78. The molecule has 0 aromatic heterocycles. The molecule has 6 bridgehead atoms. The molecule has 8 heterocycles. The van der Waals surface area contributed by atoms with Gasteiger partial charge in [-0.05, 0) is 0 Å². The van der Waals surface area contributed by atoms with Crippen molar-refractivity contribution < 1.29 is 150 Å². The first-order chi connectivity index (χ1) is 31.2. The van der Waals surface area contributed by atoms with Gasteiger partial charge in [0.1, 0.15) is 91.6 Å². The Kier molecular flexibility index (Phi) is 21.1. The summed E-state index contributed by atoms with van der Waals surface area (Å²) in [7, 11) is 0. The van der Waals surface area contributed by atoms with E-state index in [9.17, 15) is 107 Å². The summed E-state index contributed by atoms with van der Waals surface area (Å²) >= 11 is 0. The number of rotatable bonds is 9. The first kappa shape index (κ1) is 55.7. The van der Waals surface area contributed by atoms with Crippen LogP contribution in [0.2, 0.25) is 0 Å². The normalized spacial score (nSPS) is 46.7. The maximum absolute atomic E-state index is 11.1. The van der Waals surface area contributed by atoms with Crippen molar-refractivity contribution in [1.29, 1.82) is 0 Å². The summed E-state index contributed by atoms with van der Waals surface area (Å²) in [6.07, 6.45) is -47.3. The molecule has 0 amide bonds. The van der Waals surface area contributed by atoms with E-state index in [2.05, 4.69) is 0 Å². The Morgan fingerprint density at radius 2 is 0.545 bits per heavy atom. The molecule has 66 heavy (non-hydrogen) atoms. The fourth-order valence-corrected chi connectivity index (χ4v) is 7.16. The SMILES string of the molecule is OCC[C@H]1O[C@H]2OC(CO)[C@@H](O[C@@H](O)/C(O)=C(\O)[C@@H](CCO)O[C@H]3OC(CO)[C@@H](O[C@H]4OC(CO)[C@@H](O[C@@H](O)/C(O)=C(\O)[C@@H](CCO)O[C@@H](O)/C(O)=C\1O)C(O)C4O)C(O)C3O)C(O)C2O. The highest BCUT2D eigenvalue weighted by Gasteiger charge is 2.53. The summed E-state index contributed by atoms with van der Waals surface area (Å²) < 4.78 is 48.4. The second-order valence-electron chi connectivity index (χ2n) is 15.2. The summed E-state index contributed by atoms with van der Waals surface area (Å²) in [6, 6.07) is 0. The standard InChI is InChI=1S/C36H60O30/c37-4-1-10-16(43)23(50)32(56)65-29-14(8-41)63-36(27(54)20(29)47)66-30-15(9-42)62-35(26(53)21(30)48)60-12(3-6-39)18(45)24(51)33(57)64-28-13(7-40)61-34(25(52)19(28)46)59-11(2-5-38)17(44)22(49)31(55)58-10/h10-15,19-21,25-57H,1-9H2/b22-17-,23-16+,24-18+/t10-,11-,12-,13?,14?,15?,19?,20?,21?,25?,26?,27?,28-,29-,30-,31-,32-,33-,34+,35+,36-/m1/s1. The Hall–Kier alpha value is -2.94. The molecule has 3 saturated heterocycles. The van der Waals surface area contributed by atoms with E-state index in [1.165, 1.54) is 0 Å². The van der Waals surface area contributed by atoms with Gasteiger partial charge < -0.3 is 150 Å². The second kappa shape index (κ2) is 25.1. The Morgan fingerprint density at radius 1 is 0.288 bits per heavy atom. The van der Waals surface area contributed by atoms with Crippen LogP contribution in [0.4, 0.5) is 0 Å². The van der Waals surface area contributed by atoms with Crippen LogP contribution in [0.25, 0.3) is 0 Å². The fourth-order valence-electron chi connectivity index (χ4n) is 7.16. The zero-order valence-corrected chi connectivity index (χ0v) is 34.6. The predicted octanol–water partition coefficient (Wildman–Crippen LogP) is -8.29. The number of aliphatic hydroxyl groups is 21. The van der Waals surface area contributed by atoms with Gasteiger partial charge in [-0.15, -0.1) is 0 Å². The van der Waals surface area contributed by atoms with Gasteiger partial charge in [0.05, 0.1) is 19.8 Å². The van der Waals surface area contributed by atoms with E-state index in [0.29, 0.717) is 0 Å². The average molecular weight is 973 g/mol. The van der Waals surface area contributed by atoms with Crippen LogP contribution < -0.4 is 0 Å². The molecular formula is C36H60O30. The fraction of sp³-hybridized carbons (Fsp3) is 0.833. The van der Waals surface area contributed by atoms with Gasteiger partial charge in [-0.1, -0.05) is 0 Å². The topological polar surface area (TPSA) is 508 Å². The van der Waals surface area contributed by atoms with Crippen molar-refractivity contribution in [2.75, 3.05) is 39.6 Å². The number of fused-ring (bicyclic) bond motifs is 1. The summed E-state index contributed by atoms with van der Waals surface area (Å²) in [5.74, 6) is -8.71. The van der Waals surface area contributed by atoms with Crippen LogP contribution in [0.3, 0.4) is 0 Å². The summed E-state index contributed by atoms with van der Waals surface area (Å²) in [5, 5.41) is 222. The van der Waals surface area contributed by atoms with Crippen LogP contribution in [0.5, 0.6) is 0 Å². The van der Waals surface area contributed by atoms with Crippen LogP contribution in [0, 0.1) is 0 Å². The highest BCUT2D eigenvalue weighted by atomic mass is 16.8. The van der Waals surface area contributed by atoms with Crippen LogP contribution >= 0.6 is 0 Å². The minimum atomic E-state index is -2.73. The lowest BCUT2D eigenvalue weighted by Gasteiger charge is -2.47. The molecule has 8 rings (SSSR count). The van der Waals surface area contributed by atoms with E-state index in [1.54, 1.807) is 0 Å². The van der Waals surface area contributed by atoms with Gasteiger partial charge in [-0.25, -0.2) is 0 Å². The molecule has 21 N–H and O–H groups in total. The van der Waals surface area contributed by atoms with Gasteiger partial charge in [-0.3, -0.25) is 0 Å². The lowest BCUT2D eigenvalue weighted by atomic mass is 9.96. The summed E-state index contributed by atoms with van der Waals surface area (Å²) in [5.41, 5.74) is 0. The molecule has 384 valence electrons. The van der Waals surface area contributed by atoms with Crippen LogP contribution in [0.15, 0.2) is 34.6 Å². The van der Waals surface area contributed by atoms with E-state index in [1.807, 2.05) is 0 Å². The van der Waals surface area contributed by atoms with E-state index in [0.717, 1.165) is 0 Å². The zero-order chi connectivity index (χ0) is 49.3. The lowest BCUT2D eigenvalue weighted by Crippen LogP contribution is -2.65. The molecule has 30 heteroatoms. The molecule has 0 radical (unpaired) electrons. The Bertz CT molecular complexity index is 1590.